The molecule has 1 atom stereocenters. The van der Waals surface area contributed by atoms with Gasteiger partial charge in [-0.15, -0.1) is 0 Å². The highest BCUT2D eigenvalue weighted by molar-refractivity contribution is 7.98. The van der Waals surface area contributed by atoms with Crippen LogP contribution in [0.15, 0.2) is 35.7 Å². The highest BCUT2D eigenvalue weighted by Gasteiger charge is 2.29. The Morgan fingerprint density at radius 2 is 1.96 bits per heavy atom. The van der Waals surface area contributed by atoms with Gasteiger partial charge in [0.25, 0.3) is 0 Å². The van der Waals surface area contributed by atoms with Gasteiger partial charge in [0.2, 0.25) is 15.9 Å². The van der Waals surface area contributed by atoms with Gasteiger partial charge in [0.15, 0.2) is 0 Å². The molecule has 0 unspecified atom stereocenters. The fourth-order valence-corrected chi connectivity index (χ4v) is 4.39. The molecule has 2 rings (SSSR count). The number of hydrogen-bond donors (Lipinski definition) is 1. The molecule has 1 aromatic rings. The third kappa shape index (κ3) is 6.78. The molecule has 5 nitrogen and oxygen atoms in total. The van der Waals surface area contributed by atoms with E-state index in [1.54, 1.807) is 22.7 Å². The van der Waals surface area contributed by atoms with Crippen molar-refractivity contribution in [3.05, 3.63) is 41.3 Å². The Labute approximate surface area is 161 Å². The van der Waals surface area contributed by atoms with Crippen LogP contribution in [0.2, 0.25) is 0 Å². The van der Waals surface area contributed by atoms with Crippen molar-refractivity contribution in [2.75, 3.05) is 25.1 Å². The lowest BCUT2D eigenvalue weighted by atomic mass is 9.98. The predicted molar refractivity (Wildman–Crippen MR) is 109 cm³/mol. The van der Waals surface area contributed by atoms with Crippen LogP contribution in [0.1, 0.15) is 31.7 Å². The summed E-state index contributed by atoms with van der Waals surface area (Å²) >= 11 is 1.61. The van der Waals surface area contributed by atoms with Crippen molar-refractivity contribution >= 4 is 33.8 Å². The van der Waals surface area contributed by atoms with Crippen LogP contribution in [0.3, 0.4) is 0 Å². The van der Waals surface area contributed by atoms with Gasteiger partial charge in [0.1, 0.15) is 6.04 Å². The first-order valence-corrected chi connectivity index (χ1v) is 11.9. The summed E-state index contributed by atoms with van der Waals surface area (Å²) in [5.74, 6) is 1.24. The molecule has 1 aliphatic heterocycles. The van der Waals surface area contributed by atoms with Crippen LogP contribution in [0.5, 0.6) is 0 Å². The summed E-state index contributed by atoms with van der Waals surface area (Å²) in [6, 6.07) is 8.53. The van der Waals surface area contributed by atoms with Gasteiger partial charge in [-0.05, 0) is 48.8 Å². The Bertz CT molecular complexity index is 697. The number of sulfonamides is 1. The molecule has 0 radical (unpaired) electrons. The number of amides is 1. The second kappa shape index (κ2) is 10.1. The average Bonchev–Trinajstić information content (AvgIpc) is 2.64. The van der Waals surface area contributed by atoms with Crippen LogP contribution in [-0.2, 0) is 14.8 Å². The molecule has 0 saturated carbocycles. The molecule has 7 heteroatoms. The zero-order chi connectivity index (χ0) is 19.0. The normalized spacial score (nSPS) is 17.5. The van der Waals surface area contributed by atoms with Gasteiger partial charge in [-0.1, -0.05) is 37.3 Å². The van der Waals surface area contributed by atoms with E-state index in [0.717, 1.165) is 29.6 Å². The molecule has 0 aromatic heterocycles. The average molecular weight is 397 g/mol. The molecule has 1 fully saturated rings. The van der Waals surface area contributed by atoms with Crippen LogP contribution < -0.4 is 4.72 Å². The van der Waals surface area contributed by atoms with Gasteiger partial charge in [-0.3, -0.25) is 4.79 Å². The molecule has 0 aliphatic carbocycles. The highest BCUT2D eigenvalue weighted by atomic mass is 32.2. The summed E-state index contributed by atoms with van der Waals surface area (Å²) in [5, 5.41) is 1.14. The quantitative estimate of drug-likeness (QED) is 0.734. The first-order valence-electron chi connectivity index (χ1n) is 8.94. The van der Waals surface area contributed by atoms with Gasteiger partial charge < -0.3 is 4.90 Å². The maximum absolute atomic E-state index is 12.8. The number of thioether (sulfide) groups is 1. The maximum Gasteiger partial charge on any atom is 0.240 e. The molecular weight excluding hydrogens is 368 g/mol. The maximum atomic E-state index is 12.8. The third-order valence-corrected chi connectivity index (χ3v) is 6.30. The third-order valence-electron chi connectivity index (χ3n) is 4.55. The van der Waals surface area contributed by atoms with Crippen molar-refractivity contribution < 1.29 is 13.2 Å². The molecule has 1 N–H and O–H groups in total. The SMILES string of the molecule is CSCC[C@@H](NS(=O)(=O)/C=C\c1ccccc1)C(=O)N1CCC(C)CC1. The minimum atomic E-state index is -3.69. The molecule has 1 amide bonds. The van der Waals surface area contributed by atoms with Gasteiger partial charge >= 0.3 is 0 Å². The second-order valence-electron chi connectivity index (χ2n) is 6.72. The molecule has 0 bridgehead atoms. The summed E-state index contributed by atoms with van der Waals surface area (Å²) in [7, 11) is -3.69. The summed E-state index contributed by atoms with van der Waals surface area (Å²) < 4.78 is 27.5. The Morgan fingerprint density at radius 3 is 2.58 bits per heavy atom. The Morgan fingerprint density at radius 1 is 1.31 bits per heavy atom. The van der Waals surface area contributed by atoms with E-state index in [1.807, 2.05) is 36.6 Å². The van der Waals surface area contributed by atoms with Crippen molar-refractivity contribution in [1.82, 2.24) is 9.62 Å². The number of hydrogen-bond acceptors (Lipinski definition) is 4. The Balaban J connectivity index is 2.05. The lowest BCUT2D eigenvalue weighted by Gasteiger charge is -2.33. The molecular formula is C19H28N2O3S2. The lowest BCUT2D eigenvalue weighted by molar-refractivity contribution is -0.134. The van der Waals surface area contributed by atoms with Crippen LogP contribution in [0.4, 0.5) is 0 Å². The van der Waals surface area contributed by atoms with Crippen molar-refractivity contribution in [3.63, 3.8) is 0 Å². The van der Waals surface area contributed by atoms with E-state index >= 15 is 0 Å². The lowest BCUT2D eigenvalue weighted by Crippen LogP contribution is -2.50. The number of carbonyl (C=O) groups is 1. The van der Waals surface area contributed by atoms with E-state index in [-0.39, 0.29) is 5.91 Å². The van der Waals surface area contributed by atoms with E-state index in [1.165, 1.54) is 0 Å². The number of likely N-dealkylation sites (tertiary alicyclic amines) is 1. The van der Waals surface area contributed by atoms with Crippen molar-refractivity contribution in [3.8, 4) is 0 Å². The van der Waals surface area contributed by atoms with Gasteiger partial charge in [-0.25, -0.2) is 8.42 Å². The summed E-state index contributed by atoms with van der Waals surface area (Å²) in [5.41, 5.74) is 0.801. The van der Waals surface area contributed by atoms with E-state index in [2.05, 4.69) is 11.6 Å². The molecule has 26 heavy (non-hydrogen) atoms. The standard InChI is InChI=1S/C19H28N2O3S2/c1-16-8-12-21(13-9-16)19(22)18(10-14-25-2)20-26(23,24)15-11-17-6-4-3-5-7-17/h3-7,11,15-16,18,20H,8-10,12-14H2,1-2H3/b15-11-/t18-/m1/s1. The molecule has 1 saturated heterocycles. The number of piperidine rings is 1. The zero-order valence-electron chi connectivity index (χ0n) is 15.4. The van der Waals surface area contributed by atoms with E-state index in [9.17, 15) is 13.2 Å². The smallest absolute Gasteiger partial charge is 0.240 e. The Hall–Kier alpha value is -1.31. The Kier molecular flexibility index (Phi) is 8.18. The van der Waals surface area contributed by atoms with Crippen LogP contribution in [-0.4, -0.2) is 50.4 Å². The van der Waals surface area contributed by atoms with E-state index < -0.39 is 16.1 Å². The summed E-state index contributed by atoms with van der Waals surface area (Å²) in [4.78, 5) is 14.6. The second-order valence-corrected chi connectivity index (χ2v) is 9.30. The molecule has 0 spiro atoms. The number of carbonyl (C=O) groups excluding carboxylic acids is 1. The molecule has 1 aromatic carbocycles. The first-order chi connectivity index (χ1) is 12.4. The number of benzene rings is 1. The van der Waals surface area contributed by atoms with Crippen LogP contribution in [0.25, 0.3) is 6.08 Å². The largest absolute Gasteiger partial charge is 0.341 e. The number of nitrogens with one attached hydrogen (secondary N) is 1. The van der Waals surface area contributed by atoms with Crippen molar-refractivity contribution in [2.45, 2.75) is 32.2 Å². The van der Waals surface area contributed by atoms with Crippen molar-refractivity contribution in [2.24, 2.45) is 5.92 Å². The molecule has 1 heterocycles. The van der Waals surface area contributed by atoms with Gasteiger partial charge in [0, 0.05) is 18.5 Å². The first kappa shape index (κ1) is 21.0. The van der Waals surface area contributed by atoms with E-state index in [0.29, 0.717) is 25.4 Å². The summed E-state index contributed by atoms with van der Waals surface area (Å²) in [6.07, 6.45) is 5.93. The predicted octanol–water partition coefficient (Wildman–Crippen LogP) is 2.96. The number of nitrogens with zero attached hydrogens (tertiary/aromatic N) is 1. The van der Waals surface area contributed by atoms with Crippen LogP contribution >= 0.6 is 11.8 Å². The fraction of sp³-hybridized carbons (Fsp3) is 0.526. The molecule has 1 aliphatic rings. The monoisotopic (exact) mass is 396 g/mol. The zero-order valence-corrected chi connectivity index (χ0v) is 17.1. The number of rotatable bonds is 8. The van der Waals surface area contributed by atoms with Crippen LogP contribution in [0, 0.1) is 5.92 Å². The topological polar surface area (TPSA) is 66.5 Å². The minimum absolute atomic E-state index is 0.109. The van der Waals surface area contributed by atoms with Gasteiger partial charge in [0.05, 0.1) is 0 Å². The minimum Gasteiger partial charge on any atom is -0.341 e. The fourth-order valence-electron chi connectivity index (χ4n) is 2.89. The molecule has 144 valence electrons. The van der Waals surface area contributed by atoms with Gasteiger partial charge in [-0.2, -0.15) is 16.5 Å². The summed E-state index contributed by atoms with van der Waals surface area (Å²) in [6.45, 7) is 3.60. The van der Waals surface area contributed by atoms with Crippen molar-refractivity contribution in [1.29, 1.82) is 0 Å². The van der Waals surface area contributed by atoms with E-state index in [4.69, 9.17) is 0 Å². The highest BCUT2D eigenvalue weighted by Crippen LogP contribution is 2.18.